The molecule has 5 rings (SSSR count). The summed E-state index contributed by atoms with van der Waals surface area (Å²) in [7, 11) is 0. The van der Waals surface area contributed by atoms with Gasteiger partial charge in [0.15, 0.2) is 0 Å². The molecule has 2 saturated heterocycles. The zero-order chi connectivity index (χ0) is 22.6. The molecular weight excluding hydrogens is 417 g/mol. The highest BCUT2D eigenvalue weighted by molar-refractivity contribution is 5.78. The Morgan fingerprint density at radius 1 is 1.00 bits per heavy atom. The molecule has 0 radical (unpaired) electrons. The molecule has 0 aliphatic carbocycles. The second-order valence-electron chi connectivity index (χ2n) is 9.57. The van der Waals surface area contributed by atoms with Crippen LogP contribution in [0.5, 0.6) is 0 Å². The van der Waals surface area contributed by atoms with Crippen molar-refractivity contribution in [2.75, 3.05) is 45.8 Å². The van der Waals surface area contributed by atoms with E-state index < -0.39 is 0 Å². The minimum Gasteiger partial charge on any atom is -0.341 e. The van der Waals surface area contributed by atoms with Crippen LogP contribution in [0.25, 0.3) is 11.3 Å². The molecule has 0 N–H and O–H groups in total. The number of hydrogen-bond acceptors (Lipinski definition) is 4. The highest BCUT2D eigenvalue weighted by atomic mass is 19.1. The van der Waals surface area contributed by atoms with E-state index >= 15 is 0 Å². The van der Waals surface area contributed by atoms with Crippen molar-refractivity contribution >= 4 is 11.5 Å². The molecule has 176 valence electrons. The zero-order valence-corrected chi connectivity index (χ0v) is 19.3. The van der Waals surface area contributed by atoms with Gasteiger partial charge < -0.3 is 9.80 Å². The van der Waals surface area contributed by atoms with Gasteiger partial charge >= 0.3 is 0 Å². The largest absolute Gasteiger partial charge is 0.341 e. The molecule has 1 amide bonds. The lowest BCUT2D eigenvalue weighted by molar-refractivity contribution is -0.134. The van der Waals surface area contributed by atoms with E-state index in [2.05, 4.69) is 25.9 Å². The van der Waals surface area contributed by atoms with E-state index in [4.69, 9.17) is 0 Å². The molecule has 3 aliphatic rings. The standard InChI is InChI=1S/C26H34FN5O/c27-23-4-6-25(7-5-23)32-19-22(18-28-32)21-8-14-29(15-9-21)20-26(33)31-16-10-24(11-17-31)30-12-2-1-3-13-30/h4-8,18-19,24H,1-3,9-17,20H2. The lowest BCUT2D eigenvalue weighted by Crippen LogP contribution is -2.50. The third-order valence-corrected chi connectivity index (χ3v) is 7.42. The van der Waals surface area contributed by atoms with Crippen LogP contribution in [0.15, 0.2) is 42.7 Å². The normalized spacial score (nSPS) is 21.2. The van der Waals surface area contributed by atoms with E-state index in [1.807, 2.05) is 12.4 Å². The van der Waals surface area contributed by atoms with Crippen LogP contribution in [0.3, 0.4) is 0 Å². The van der Waals surface area contributed by atoms with Crippen LogP contribution < -0.4 is 0 Å². The number of carbonyl (C=O) groups excluding carboxylic acids is 1. The van der Waals surface area contributed by atoms with E-state index in [1.165, 1.54) is 50.1 Å². The summed E-state index contributed by atoms with van der Waals surface area (Å²) in [6.45, 7) is 6.45. The highest BCUT2D eigenvalue weighted by Gasteiger charge is 2.28. The number of aromatic nitrogens is 2. The van der Waals surface area contributed by atoms with Crippen LogP contribution in [0, 0.1) is 5.82 Å². The van der Waals surface area contributed by atoms with Gasteiger partial charge in [0.1, 0.15) is 5.82 Å². The lowest BCUT2D eigenvalue weighted by atomic mass is 9.99. The first-order valence-electron chi connectivity index (χ1n) is 12.4. The van der Waals surface area contributed by atoms with Gasteiger partial charge in [0.25, 0.3) is 0 Å². The SMILES string of the molecule is O=C(CN1CC=C(c2cnn(-c3ccc(F)cc3)c2)CC1)N1CCC(N2CCCCC2)CC1. The van der Waals surface area contributed by atoms with Crippen molar-refractivity contribution in [1.82, 2.24) is 24.5 Å². The Morgan fingerprint density at radius 3 is 2.45 bits per heavy atom. The number of hydrogen-bond donors (Lipinski definition) is 0. The molecule has 0 spiro atoms. The van der Waals surface area contributed by atoms with Gasteiger partial charge in [-0.1, -0.05) is 12.5 Å². The Morgan fingerprint density at radius 2 is 1.76 bits per heavy atom. The van der Waals surface area contributed by atoms with Gasteiger partial charge in [-0.2, -0.15) is 5.10 Å². The number of likely N-dealkylation sites (tertiary alicyclic amines) is 2. The van der Waals surface area contributed by atoms with Crippen LogP contribution in [-0.2, 0) is 4.79 Å². The van der Waals surface area contributed by atoms with Crippen LogP contribution in [0.4, 0.5) is 4.39 Å². The number of nitrogens with zero attached hydrogens (tertiary/aromatic N) is 5. The van der Waals surface area contributed by atoms with E-state index in [-0.39, 0.29) is 11.7 Å². The van der Waals surface area contributed by atoms with Crippen molar-refractivity contribution in [3.05, 3.63) is 54.1 Å². The number of piperidine rings is 2. The topological polar surface area (TPSA) is 44.6 Å². The monoisotopic (exact) mass is 451 g/mol. The van der Waals surface area contributed by atoms with Gasteiger partial charge in [0.05, 0.1) is 18.4 Å². The first kappa shape index (κ1) is 22.3. The molecule has 2 fully saturated rings. The van der Waals surface area contributed by atoms with Gasteiger partial charge in [-0.15, -0.1) is 0 Å². The summed E-state index contributed by atoms with van der Waals surface area (Å²) < 4.78 is 14.9. The molecule has 4 heterocycles. The summed E-state index contributed by atoms with van der Waals surface area (Å²) in [5.74, 6) is 0.0233. The van der Waals surface area contributed by atoms with Crippen molar-refractivity contribution < 1.29 is 9.18 Å². The average Bonchev–Trinajstić information content (AvgIpc) is 3.36. The average molecular weight is 452 g/mol. The Hall–Kier alpha value is -2.51. The summed E-state index contributed by atoms with van der Waals surface area (Å²) in [5.41, 5.74) is 3.19. The van der Waals surface area contributed by atoms with Crippen LogP contribution >= 0.6 is 0 Å². The fourth-order valence-corrected chi connectivity index (χ4v) is 5.40. The first-order chi connectivity index (χ1) is 16.2. The van der Waals surface area contributed by atoms with E-state index in [0.717, 1.165) is 56.7 Å². The molecule has 33 heavy (non-hydrogen) atoms. The Labute approximate surface area is 195 Å². The van der Waals surface area contributed by atoms with E-state index in [0.29, 0.717) is 12.6 Å². The van der Waals surface area contributed by atoms with Gasteiger partial charge in [0, 0.05) is 44.0 Å². The minimum absolute atomic E-state index is 0.248. The predicted octanol–water partition coefficient (Wildman–Crippen LogP) is 3.58. The maximum atomic E-state index is 13.2. The highest BCUT2D eigenvalue weighted by Crippen LogP contribution is 2.24. The second-order valence-corrected chi connectivity index (χ2v) is 9.57. The molecule has 6 nitrogen and oxygen atoms in total. The maximum absolute atomic E-state index is 13.2. The van der Waals surface area contributed by atoms with Crippen molar-refractivity contribution in [2.45, 2.75) is 44.6 Å². The fraction of sp³-hybridized carbons (Fsp3) is 0.538. The summed E-state index contributed by atoms with van der Waals surface area (Å²) in [4.78, 5) is 19.9. The molecule has 1 aromatic heterocycles. The first-order valence-corrected chi connectivity index (χ1v) is 12.4. The van der Waals surface area contributed by atoms with Gasteiger partial charge in [-0.25, -0.2) is 9.07 Å². The maximum Gasteiger partial charge on any atom is 0.236 e. The van der Waals surface area contributed by atoms with E-state index in [1.54, 1.807) is 16.8 Å². The zero-order valence-electron chi connectivity index (χ0n) is 19.3. The van der Waals surface area contributed by atoms with Gasteiger partial charge in [0.2, 0.25) is 5.91 Å². The van der Waals surface area contributed by atoms with Gasteiger partial charge in [-0.05, 0) is 75.0 Å². The number of halogens is 1. The van der Waals surface area contributed by atoms with Crippen LogP contribution in [0.1, 0.15) is 44.1 Å². The van der Waals surface area contributed by atoms with Crippen LogP contribution in [-0.4, -0.2) is 82.2 Å². The van der Waals surface area contributed by atoms with Crippen LogP contribution in [0.2, 0.25) is 0 Å². The van der Waals surface area contributed by atoms with Crippen molar-refractivity contribution in [3.8, 4) is 5.69 Å². The quantitative estimate of drug-likeness (QED) is 0.697. The molecule has 0 bridgehead atoms. The van der Waals surface area contributed by atoms with Crippen molar-refractivity contribution in [2.24, 2.45) is 0 Å². The number of rotatable bonds is 5. The molecule has 1 aromatic carbocycles. The molecule has 0 saturated carbocycles. The molecule has 0 unspecified atom stereocenters. The molecule has 0 atom stereocenters. The molecule has 7 heteroatoms. The number of carbonyl (C=O) groups is 1. The smallest absolute Gasteiger partial charge is 0.236 e. The summed E-state index contributed by atoms with van der Waals surface area (Å²) in [6, 6.07) is 7.02. The Bertz CT molecular complexity index is 971. The van der Waals surface area contributed by atoms with Gasteiger partial charge in [-0.3, -0.25) is 9.69 Å². The summed E-state index contributed by atoms with van der Waals surface area (Å²) in [5, 5.41) is 4.44. The Kier molecular flexibility index (Phi) is 6.88. The van der Waals surface area contributed by atoms with Crippen molar-refractivity contribution in [1.29, 1.82) is 0 Å². The molecule has 2 aromatic rings. The molecular formula is C26H34FN5O. The summed E-state index contributed by atoms with van der Waals surface area (Å²) in [6.07, 6.45) is 13.2. The van der Waals surface area contributed by atoms with E-state index in [9.17, 15) is 9.18 Å². The molecule has 3 aliphatic heterocycles. The lowest BCUT2D eigenvalue weighted by Gasteiger charge is -2.40. The summed E-state index contributed by atoms with van der Waals surface area (Å²) >= 11 is 0. The third-order valence-electron chi connectivity index (χ3n) is 7.42. The Balaban J connectivity index is 1.10. The predicted molar refractivity (Wildman–Crippen MR) is 128 cm³/mol. The third kappa shape index (κ3) is 5.36. The second kappa shape index (κ2) is 10.2. The minimum atomic E-state index is -0.248. The fourth-order valence-electron chi connectivity index (χ4n) is 5.40. The number of amides is 1. The van der Waals surface area contributed by atoms with Crippen molar-refractivity contribution in [3.63, 3.8) is 0 Å². The number of benzene rings is 1.